The minimum atomic E-state index is -1.43. The summed E-state index contributed by atoms with van der Waals surface area (Å²) in [6.07, 6.45) is 5.23. The summed E-state index contributed by atoms with van der Waals surface area (Å²) in [4.78, 5) is 13.2. The molecule has 0 bridgehead atoms. The molecule has 2 atom stereocenters. The van der Waals surface area contributed by atoms with E-state index < -0.39 is 22.7 Å². The van der Waals surface area contributed by atoms with E-state index in [1.54, 1.807) is 30.0 Å². The molecule has 0 aliphatic carbocycles. The van der Waals surface area contributed by atoms with Gasteiger partial charge in [-0.25, -0.2) is 13.3 Å². The second-order valence-corrected chi connectivity index (χ2v) is 6.87. The fourth-order valence-corrected chi connectivity index (χ4v) is 3.76. The molecule has 1 aliphatic rings. The van der Waals surface area contributed by atoms with Gasteiger partial charge in [0, 0.05) is 30.5 Å². The van der Waals surface area contributed by atoms with Gasteiger partial charge in [0.2, 0.25) is 0 Å². The van der Waals surface area contributed by atoms with Crippen LogP contribution in [-0.4, -0.2) is 20.7 Å². The van der Waals surface area contributed by atoms with Crippen molar-refractivity contribution < 1.29 is 13.4 Å². The maximum absolute atomic E-state index is 13.4. The number of rotatable bonds is 2. The van der Waals surface area contributed by atoms with Crippen LogP contribution in [0, 0.1) is 17.1 Å². The number of halogens is 1. The van der Waals surface area contributed by atoms with Crippen LogP contribution in [0.5, 0.6) is 0 Å². The van der Waals surface area contributed by atoms with Crippen LogP contribution >= 0.6 is 0 Å². The van der Waals surface area contributed by atoms with Gasteiger partial charge in [-0.1, -0.05) is 26.0 Å². The highest BCUT2D eigenvalue weighted by Gasteiger charge is 2.24. The molecule has 1 amide bonds. The summed E-state index contributed by atoms with van der Waals surface area (Å²) in [5.74, 6) is -1.08. The molecule has 1 aliphatic heterocycles. The third-order valence-electron chi connectivity index (χ3n) is 3.79. The number of carbonyl (C=O) groups is 1. The van der Waals surface area contributed by atoms with Crippen molar-refractivity contribution in [3.05, 3.63) is 66.3 Å². The first-order chi connectivity index (χ1) is 13.9. The normalized spacial score (nSPS) is 16.7. The number of carbonyl (C=O) groups excluding carboxylic acids is 1. The summed E-state index contributed by atoms with van der Waals surface area (Å²) in [6.45, 7) is 11.9. The van der Waals surface area contributed by atoms with Gasteiger partial charge in [0.05, 0.1) is 10.5 Å². The van der Waals surface area contributed by atoms with Gasteiger partial charge in [0.1, 0.15) is 28.6 Å². The molecule has 0 fully saturated rings. The number of fused-ring (bicyclic) bond motifs is 1. The number of amides is 1. The van der Waals surface area contributed by atoms with Crippen LogP contribution in [0.1, 0.15) is 42.4 Å². The SMILES string of the molecule is C=C.CC.CC1C=Cc2c(cn(C)c2C(=O)Nc2ccc(F)c(C#N)c2)S(=O)N1. The molecule has 2 aromatic rings. The molecule has 154 valence electrons. The van der Waals surface area contributed by atoms with Gasteiger partial charge in [0.25, 0.3) is 5.91 Å². The average molecular weight is 417 g/mol. The Balaban J connectivity index is 0.000000989. The first-order valence-corrected chi connectivity index (χ1v) is 10.1. The Morgan fingerprint density at radius 1 is 1.38 bits per heavy atom. The van der Waals surface area contributed by atoms with Crippen molar-refractivity contribution in [3.63, 3.8) is 0 Å². The molecular formula is C21H25FN4O2S. The average Bonchev–Trinajstić information content (AvgIpc) is 3.00. The lowest BCUT2D eigenvalue weighted by Crippen LogP contribution is -2.24. The zero-order valence-corrected chi connectivity index (χ0v) is 17.8. The van der Waals surface area contributed by atoms with Crippen molar-refractivity contribution >= 4 is 28.7 Å². The standard InChI is InChI=1S/C17H15FN4O2S.C2H6.C2H4/c1-10-3-5-13-15(25(24)21-10)9-22(2)16(13)17(23)20-12-4-6-14(18)11(7-12)8-19;2*1-2/h3-7,9-10,21H,1-2H3,(H,20,23);1-2H3;1-2H2. The molecule has 0 saturated heterocycles. The number of nitrogens with zero attached hydrogens (tertiary/aromatic N) is 2. The zero-order chi connectivity index (χ0) is 22.1. The minimum Gasteiger partial charge on any atom is -0.345 e. The summed E-state index contributed by atoms with van der Waals surface area (Å²) in [5.41, 5.74) is 1.06. The summed E-state index contributed by atoms with van der Waals surface area (Å²) in [7, 11) is 0.255. The van der Waals surface area contributed by atoms with Crippen molar-refractivity contribution in [1.29, 1.82) is 5.26 Å². The van der Waals surface area contributed by atoms with E-state index in [4.69, 9.17) is 5.26 Å². The maximum Gasteiger partial charge on any atom is 0.272 e. The van der Waals surface area contributed by atoms with Crippen molar-refractivity contribution in [2.75, 3.05) is 5.32 Å². The van der Waals surface area contributed by atoms with Gasteiger partial charge in [0.15, 0.2) is 0 Å². The van der Waals surface area contributed by atoms with Gasteiger partial charge < -0.3 is 9.88 Å². The zero-order valence-electron chi connectivity index (χ0n) is 17.0. The van der Waals surface area contributed by atoms with E-state index in [1.165, 1.54) is 12.1 Å². The Bertz CT molecular complexity index is 976. The predicted octanol–water partition coefficient (Wildman–Crippen LogP) is 4.14. The molecule has 1 aromatic heterocycles. The fraction of sp³-hybridized carbons (Fsp3) is 0.238. The number of aryl methyl sites for hydroxylation is 1. The Kier molecular flexibility index (Phi) is 9.19. The molecule has 0 spiro atoms. The lowest BCUT2D eigenvalue weighted by atomic mass is 10.1. The van der Waals surface area contributed by atoms with Crippen molar-refractivity contribution in [2.24, 2.45) is 7.05 Å². The van der Waals surface area contributed by atoms with Gasteiger partial charge in [-0.05, 0) is 25.1 Å². The Morgan fingerprint density at radius 2 is 2.03 bits per heavy atom. The fourth-order valence-electron chi connectivity index (χ4n) is 2.60. The molecule has 0 radical (unpaired) electrons. The van der Waals surface area contributed by atoms with Crippen LogP contribution in [0.25, 0.3) is 6.08 Å². The number of hydrogen-bond donors (Lipinski definition) is 2. The molecule has 6 nitrogen and oxygen atoms in total. The third kappa shape index (κ3) is 5.50. The van der Waals surface area contributed by atoms with E-state index in [2.05, 4.69) is 23.2 Å². The predicted molar refractivity (Wildman–Crippen MR) is 115 cm³/mol. The molecule has 3 rings (SSSR count). The summed E-state index contributed by atoms with van der Waals surface area (Å²) in [6, 6.07) is 5.42. The molecule has 2 N–H and O–H groups in total. The molecule has 8 heteroatoms. The number of nitriles is 1. The summed E-state index contributed by atoms with van der Waals surface area (Å²) >= 11 is 0. The summed E-state index contributed by atoms with van der Waals surface area (Å²) < 4.78 is 30.2. The Hall–Kier alpha value is -3.02. The summed E-state index contributed by atoms with van der Waals surface area (Å²) in [5, 5.41) is 11.5. The van der Waals surface area contributed by atoms with Crippen LogP contribution in [0.4, 0.5) is 10.1 Å². The smallest absolute Gasteiger partial charge is 0.272 e. The second-order valence-electron chi connectivity index (χ2n) is 5.66. The van der Waals surface area contributed by atoms with E-state index >= 15 is 0 Å². The van der Waals surface area contributed by atoms with Gasteiger partial charge in [-0.2, -0.15) is 5.26 Å². The van der Waals surface area contributed by atoms with Crippen LogP contribution in [0.2, 0.25) is 0 Å². The number of anilines is 1. The number of hydrogen-bond acceptors (Lipinski definition) is 3. The number of nitrogens with one attached hydrogen (secondary N) is 2. The molecular weight excluding hydrogens is 391 g/mol. The first kappa shape index (κ1) is 24.0. The maximum atomic E-state index is 13.4. The Morgan fingerprint density at radius 3 is 2.66 bits per heavy atom. The molecule has 2 unspecified atom stereocenters. The number of benzene rings is 1. The van der Waals surface area contributed by atoms with Crippen LogP contribution < -0.4 is 10.0 Å². The van der Waals surface area contributed by atoms with E-state index in [0.717, 1.165) is 6.07 Å². The molecule has 1 aromatic carbocycles. The van der Waals surface area contributed by atoms with E-state index in [1.807, 2.05) is 26.8 Å². The highest BCUT2D eigenvalue weighted by molar-refractivity contribution is 7.83. The quantitative estimate of drug-likeness (QED) is 0.721. The second kappa shape index (κ2) is 11.1. The highest BCUT2D eigenvalue weighted by Crippen LogP contribution is 2.25. The van der Waals surface area contributed by atoms with Crippen LogP contribution in [0.15, 0.2) is 48.5 Å². The van der Waals surface area contributed by atoms with Gasteiger partial charge in [-0.3, -0.25) is 4.79 Å². The molecule has 2 heterocycles. The monoisotopic (exact) mass is 416 g/mol. The van der Waals surface area contributed by atoms with E-state index in [0.29, 0.717) is 21.8 Å². The van der Waals surface area contributed by atoms with E-state index in [-0.39, 0.29) is 11.6 Å². The van der Waals surface area contributed by atoms with Crippen molar-refractivity contribution in [3.8, 4) is 6.07 Å². The van der Waals surface area contributed by atoms with Gasteiger partial charge >= 0.3 is 0 Å². The Labute approximate surface area is 173 Å². The van der Waals surface area contributed by atoms with Crippen molar-refractivity contribution in [2.45, 2.75) is 31.7 Å². The lowest BCUT2D eigenvalue weighted by molar-refractivity contribution is 0.101. The van der Waals surface area contributed by atoms with E-state index in [9.17, 15) is 13.4 Å². The minimum absolute atomic E-state index is 0.0928. The largest absolute Gasteiger partial charge is 0.345 e. The highest BCUT2D eigenvalue weighted by atomic mass is 32.2. The molecule has 29 heavy (non-hydrogen) atoms. The number of aromatic nitrogens is 1. The van der Waals surface area contributed by atoms with Crippen LogP contribution in [-0.2, 0) is 18.0 Å². The third-order valence-corrected chi connectivity index (χ3v) is 5.10. The molecule has 0 saturated carbocycles. The van der Waals surface area contributed by atoms with Crippen molar-refractivity contribution in [1.82, 2.24) is 9.29 Å². The lowest BCUT2D eigenvalue weighted by Gasteiger charge is -2.08. The first-order valence-electron chi connectivity index (χ1n) is 8.97. The topological polar surface area (TPSA) is 86.9 Å². The van der Waals surface area contributed by atoms with Crippen LogP contribution in [0.3, 0.4) is 0 Å². The van der Waals surface area contributed by atoms with Gasteiger partial charge in [-0.15, -0.1) is 13.2 Å².